The topological polar surface area (TPSA) is 75.8 Å². The SMILES string of the molecule is CC1CCCN(C(N)=NCCS(=O)(=O)c2ccc(Cl)cc2)C1. The molecule has 2 rings (SSSR count). The molecule has 0 bridgehead atoms. The van der Waals surface area contributed by atoms with Gasteiger partial charge in [0.05, 0.1) is 17.2 Å². The molecule has 2 N–H and O–H groups in total. The molecule has 1 aromatic rings. The number of sulfone groups is 1. The van der Waals surface area contributed by atoms with Gasteiger partial charge in [0.2, 0.25) is 0 Å². The average Bonchev–Trinajstić information content (AvgIpc) is 2.47. The molecule has 1 unspecified atom stereocenters. The smallest absolute Gasteiger partial charge is 0.191 e. The molecule has 5 nitrogen and oxygen atoms in total. The Labute approximate surface area is 137 Å². The van der Waals surface area contributed by atoms with Crippen LogP contribution in [0.1, 0.15) is 19.8 Å². The lowest BCUT2D eigenvalue weighted by Crippen LogP contribution is -2.43. The molecule has 0 amide bonds. The van der Waals surface area contributed by atoms with E-state index in [9.17, 15) is 8.42 Å². The van der Waals surface area contributed by atoms with Crippen molar-refractivity contribution in [2.45, 2.75) is 24.7 Å². The van der Waals surface area contributed by atoms with E-state index in [1.807, 2.05) is 4.90 Å². The number of likely N-dealkylation sites (tertiary alicyclic amines) is 1. The maximum absolute atomic E-state index is 12.2. The first-order valence-corrected chi connectivity index (χ1v) is 9.45. The zero-order chi connectivity index (χ0) is 16.2. The van der Waals surface area contributed by atoms with Crippen molar-refractivity contribution in [3.63, 3.8) is 0 Å². The van der Waals surface area contributed by atoms with E-state index in [4.69, 9.17) is 17.3 Å². The van der Waals surface area contributed by atoms with Gasteiger partial charge >= 0.3 is 0 Å². The largest absolute Gasteiger partial charge is 0.370 e. The molecule has 0 aliphatic carbocycles. The first kappa shape index (κ1) is 17.1. The summed E-state index contributed by atoms with van der Waals surface area (Å²) in [5.41, 5.74) is 5.96. The lowest BCUT2D eigenvalue weighted by Gasteiger charge is -2.31. The molecule has 0 spiro atoms. The molecule has 1 aromatic carbocycles. The van der Waals surface area contributed by atoms with Gasteiger partial charge in [0.1, 0.15) is 0 Å². The van der Waals surface area contributed by atoms with Crippen molar-refractivity contribution in [2.75, 3.05) is 25.4 Å². The highest BCUT2D eigenvalue weighted by atomic mass is 35.5. The fourth-order valence-corrected chi connectivity index (χ4v) is 3.78. The van der Waals surface area contributed by atoms with Gasteiger partial charge in [-0.3, -0.25) is 4.99 Å². The van der Waals surface area contributed by atoms with Crippen LogP contribution in [0.4, 0.5) is 0 Å². The van der Waals surface area contributed by atoms with Gasteiger partial charge in [-0.25, -0.2) is 8.42 Å². The van der Waals surface area contributed by atoms with Crippen LogP contribution in [-0.4, -0.2) is 44.7 Å². The first-order chi connectivity index (χ1) is 10.4. The van der Waals surface area contributed by atoms with E-state index in [0.29, 0.717) is 16.9 Å². The molecule has 1 aliphatic rings. The van der Waals surface area contributed by atoms with E-state index >= 15 is 0 Å². The van der Waals surface area contributed by atoms with Crippen LogP contribution in [-0.2, 0) is 9.84 Å². The van der Waals surface area contributed by atoms with Crippen LogP contribution in [0.25, 0.3) is 0 Å². The summed E-state index contributed by atoms with van der Waals surface area (Å²) >= 11 is 5.77. The third kappa shape index (κ3) is 4.61. The van der Waals surface area contributed by atoms with E-state index < -0.39 is 9.84 Å². The third-order valence-corrected chi connectivity index (χ3v) is 5.75. The highest BCUT2D eigenvalue weighted by Gasteiger charge is 2.18. The Kier molecular flexibility index (Phi) is 5.69. The molecule has 0 aromatic heterocycles. The molecule has 1 saturated heterocycles. The number of hydrogen-bond acceptors (Lipinski definition) is 3. The number of benzene rings is 1. The fourth-order valence-electron chi connectivity index (χ4n) is 2.54. The molecule has 7 heteroatoms. The number of piperidine rings is 1. The van der Waals surface area contributed by atoms with Crippen LogP contribution < -0.4 is 5.73 Å². The van der Waals surface area contributed by atoms with Crippen LogP contribution in [0.15, 0.2) is 34.2 Å². The minimum Gasteiger partial charge on any atom is -0.370 e. The second-order valence-electron chi connectivity index (χ2n) is 5.71. The Balaban J connectivity index is 1.94. The molecular weight excluding hydrogens is 322 g/mol. The number of aliphatic imine (C=N–C) groups is 1. The minimum absolute atomic E-state index is 0.0568. The molecule has 122 valence electrons. The van der Waals surface area contributed by atoms with Crippen molar-refractivity contribution in [1.82, 2.24) is 4.90 Å². The fraction of sp³-hybridized carbons (Fsp3) is 0.533. The van der Waals surface area contributed by atoms with Gasteiger partial charge in [0.15, 0.2) is 15.8 Å². The quantitative estimate of drug-likeness (QED) is 0.671. The van der Waals surface area contributed by atoms with Crippen molar-refractivity contribution in [1.29, 1.82) is 0 Å². The summed E-state index contributed by atoms with van der Waals surface area (Å²) in [4.78, 5) is 6.52. The Hall–Kier alpha value is -1.27. The van der Waals surface area contributed by atoms with Crippen molar-refractivity contribution < 1.29 is 8.42 Å². The predicted octanol–water partition coefficient (Wildman–Crippen LogP) is 2.16. The number of halogens is 1. The number of nitrogens with zero attached hydrogens (tertiary/aromatic N) is 2. The molecule has 1 heterocycles. The Bertz CT molecular complexity index is 629. The van der Waals surface area contributed by atoms with E-state index in [0.717, 1.165) is 19.5 Å². The summed E-state index contributed by atoms with van der Waals surface area (Å²) < 4.78 is 24.4. The minimum atomic E-state index is -3.35. The summed E-state index contributed by atoms with van der Waals surface area (Å²) in [7, 11) is -3.35. The van der Waals surface area contributed by atoms with Crippen LogP contribution >= 0.6 is 11.6 Å². The number of nitrogens with two attached hydrogens (primary N) is 1. The zero-order valence-corrected chi connectivity index (χ0v) is 14.3. The highest BCUT2D eigenvalue weighted by molar-refractivity contribution is 7.91. The second-order valence-corrected chi connectivity index (χ2v) is 8.25. The summed E-state index contributed by atoms with van der Waals surface area (Å²) in [6.07, 6.45) is 2.30. The van der Waals surface area contributed by atoms with Crippen LogP contribution in [0.2, 0.25) is 5.02 Å². The van der Waals surface area contributed by atoms with Gasteiger partial charge in [-0.15, -0.1) is 0 Å². The monoisotopic (exact) mass is 343 g/mol. The first-order valence-electron chi connectivity index (χ1n) is 7.41. The summed E-state index contributed by atoms with van der Waals surface area (Å²) in [5, 5.41) is 0.514. The second kappa shape index (κ2) is 7.33. The summed E-state index contributed by atoms with van der Waals surface area (Å²) in [6.45, 7) is 4.13. The Morgan fingerprint density at radius 1 is 1.41 bits per heavy atom. The highest BCUT2D eigenvalue weighted by Crippen LogP contribution is 2.16. The van der Waals surface area contributed by atoms with Crippen LogP contribution in [0.3, 0.4) is 0 Å². The number of guanidine groups is 1. The molecular formula is C15H22ClN3O2S. The normalized spacial score (nSPS) is 20.2. The molecule has 1 atom stereocenters. The Morgan fingerprint density at radius 3 is 2.73 bits per heavy atom. The third-order valence-electron chi connectivity index (χ3n) is 3.79. The van der Waals surface area contributed by atoms with E-state index in [1.54, 1.807) is 12.1 Å². The van der Waals surface area contributed by atoms with Gasteiger partial charge in [-0.1, -0.05) is 18.5 Å². The zero-order valence-electron chi connectivity index (χ0n) is 12.7. The van der Waals surface area contributed by atoms with Gasteiger partial charge in [0.25, 0.3) is 0 Å². The van der Waals surface area contributed by atoms with E-state index in [-0.39, 0.29) is 17.2 Å². The number of hydrogen-bond donors (Lipinski definition) is 1. The van der Waals surface area contributed by atoms with E-state index in [2.05, 4.69) is 11.9 Å². The van der Waals surface area contributed by atoms with Crippen molar-refractivity contribution >= 4 is 27.4 Å². The molecule has 0 radical (unpaired) electrons. The van der Waals surface area contributed by atoms with Gasteiger partial charge in [0, 0.05) is 18.1 Å². The summed E-state index contributed by atoms with van der Waals surface area (Å²) in [5.74, 6) is 0.983. The van der Waals surface area contributed by atoms with Crippen molar-refractivity contribution in [2.24, 2.45) is 16.6 Å². The van der Waals surface area contributed by atoms with Gasteiger partial charge < -0.3 is 10.6 Å². The lowest BCUT2D eigenvalue weighted by molar-refractivity contribution is 0.270. The maximum Gasteiger partial charge on any atom is 0.191 e. The molecule has 22 heavy (non-hydrogen) atoms. The Morgan fingerprint density at radius 2 is 2.09 bits per heavy atom. The lowest BCUT2D eigenvalue weighted by atomic mass is 10.0. The summed E-state index contributed by atoms with van der Waals surface area (Å²) in [6, 6.07) is 6.16. The standard InChI is InChI=1S/C15H22ClN3O2S/c1-12-3-2-9-19(11-12)15(17)18-8-10-22(20,21)14-6-4-13(16)5-7-14/h4-7,12H,2-3,8-11H2,1H3,(H2,17,18). The van der Waals surface area contributed by atoms with Crippen molar-refractivity contribution in [3.05, 3.63) is 29.3 Å². The molecule has 1 aliphatic heterocycles. The van der Waals surface area contributed by atoms with Crippen LogP contribution in [0.5, 0.6) is 0 Å². The van der Waals surface area contributed by atoms with Gasteiger partial charge in [-0.05, 0) is 43.0 Å². The predicted molar refractivity (Wildman–Crippen MR) is 90.0 cm³/mol. The molecule has 1 fully saturated rings. The number of rotatable bonds is 4. The van der Waals surface area contributed by atoms with Crippen molar-refractivity contribution in [3.8, 4) is 0 Å². The average molecular weight is 344 g/mol. The maximum atomic E-state index is 12.2. The van der Waals surface area contributed by atoms with Gasteiger partial charge in [-0.2, -0.15) is 0 Å². The van der Waals surface area contributed by atoms with E-state index in [1.165, 1.54) is 18.6 Å². The molecule has 0 saturated carbocycles. The van der Waals surface area contributed by atoms with Crippen LogP contribution in [0, 0.1) is 5.92 Å².